The molecule has 9 heteroatoms. The second-order valence-corrected chi connectivity index (χ2v) is 3.99. The third-order valence-corrected chi connectivity index (χ3v) is 2.44. The number of ether oxygens (including phenoxy) is 1. The van der Waals surface area contributed by atoms with Gasteiger partial charge in [0, 0.05) is 6.20 Å². The first-order valence-corrected chi connectivity index (χ1v) is 6.01. The van der Waals surface area contributed by atoms with Crippen LogP contribution >= 0.6 is 0 Å². The number of nitrogens with zero attached hydrogens (tertiary/aromatic N) is 4. The lowest BCUT2D eigenvalue weighted by molar-refractivity contribution is -0.142. The molecule has 0 bridgehead atoms. The predicted octanol–water partition coefficient (Wildman–Crippen LogP) is 2.08. The van der Waals surface area contributed by atoms with Gasteiger partial charge in [-0.05, 0) is 19.1 Å². The molecule has 0 aliphatic carbocycles. The van der Waals surface area contributed by atoms with Crippen molar-refractivity contribution in [1.29, 1.82) is 0 Å². The van der Waals surface area contributed by atoms with Crippen molar-refractivity contribution < 1.29 is 22.7 Å². The van der Waals surface area contributed by atoms with Gasteiger partial charge in [0.15, 0.2) is 5.69 Å². The van der Waals surface area contributed by atoms with Crippen molar-refractivity contribution >= 4 is 5.97 Å². The molecule has 2 aromatic heterocycles. The summed E-state index contributed by atoms with van der Waals surface area (Å²) in [5.41, 5.74) is -0.249. The van der Waals surface area contributed by atoms with Gasteiger partial charge in [0.25, 0.3) is 0 Å². The highest BCUT2D eigenvalue weighted by atomic mass is 19.4. The highest BCUT2D eigenvalue weighted by Crippen LogP contribution is 2.25. The molecule has 0 radical (unpaired) electrons. The molecule has 0 fully saturated rings. The van der Waals surface area contributed by atoms with E-state index >= 15 is 0 Å². The van der Waals surface area contributed by atoms with Gasteiger partial charge in [0.05, 0.1) is 12.3 Å². The van der Waals surface area contributed by atoms with E-state index in [1.807, 2.05) is 0 Å². The molecule has 0 aliphatic rings. The van der Waals surface area contributed by atoms with Gasteiger partial charge in [0.2, 0.25) is 0 Å². The molecule has 0 N–H and O–H groups in total. The second kappa shape index (κ2) is 5.90. The number of rotatable bonds is 4. The molecule has 21 heavy (non-hydrogen) atoms. The van der Waals surface area contributed by atoms with Crippen molar-refractivity contribution in [3.05, 3.63) is 30.1 Å². The quantitative estimate of drug-likeness (QED) is 0.809. The lowest BCUT2D eigenvalue weighted by Crippen LogP contribution is -2.20. The summed E-state index contributed by atoms with van der Waals surface area (Å²) in [6.45, 7) is 0.288. The molecule has 0 aromatic carbocycles. The Morgan fingerprint density at radius 3 is 2.71 bits per heavy atom. The van der Waals surface area contributed by atoms with Crippen LogP contribution in [0.2, 0.25) is 0 Å². The average Bonchev–Trinajstić information content (AvgIpc) is 2.81. The minimum atomic E-state index is -4.50. The van der Waals surface area contributed by atoms with Crippen LogP contribution in [0.5, 0.6) is 0 Å². The standard InChI is InChI=1S/C12H11F3N4O2/c1-2-21-11(20)9-10(8-5-3-4-6-16-8)19(18-17-9)7-12(13,14)15/h3-6H,2,7H2,1H3. The molecule has 0 amide bonds. The van der Waals surface area contributed by atoms with Gasteiger partial charge in [-0.2, -0.15) is 13.2 Å². The minimum Gasteiger partial charge on any atom is -0.461 e. The number of halogens is 3. The summed E-state index contributed by atoms with van der Waals surface area (Å²) >= 11 is 0. The summed E-state index contributed by atoms with van der Waals surface area (Å²) in [7, 11) is 0. The molecule has 2 heterocycles. The fraction of sp³-hybridized carbons (Fsp3) is 0.333. The highest BCUT2D eigenvalue weighted by Gasteiger charge is 2.32. The normalized spacial score (nSPS) is 11.4. The van der Waals surface area contributed by atoms with Gasteiger partial charge in [0.1, 0.15) is 12.2 Å². The van der Waals surface area contributed by atoms with Crippen LogP contribution < -0.4 is 0 Å². The molecule has 112 valence electrons. The monoisotopic (exact) mass is 300 g/mol. The SMILES string of the molecule is CCOC(=O)c1nnn(CC(F)(F)F)c1-c1ccccn1. The Kier molecular flexibility index (Phi) is 4.20. The first-order chi connectivity index (χ1) is 9.92. The molecule has 0 saturated heterocycles. The van der Waals surface area contributed by atoms with E-state index in [1.165, 1.54) is 12.3 Å². The molecule has 6 nitrogen and oxygen atoms in total. The lowest BCUT2D eigenvalue weighted by atomic mass is 10.2. The van der Waals surface area contributed by atoms with Gasteiger partial charge in [-0.15, -0.1) is 5.10 Å². The van der Waals surface area contributed by atoms with E-state index < -0.39 is 18.7 Å². The third-order valence-electron chi connectivity index (χ3n) is 2.44. The number of carbonyl (C=O) groups is 1. The van der Waals surface area contributed by atoms with Crippen LogP contribution in [-0.4, -0.2) is 38.7 Å². The molecule has 2 aromatic rings. The van der Waals surface area contributed by atoms with Crippen LogP contribution in [-0.2, 0) is 11.3 Å². The van der Waals surface area contributed by atoms with Crippen LogP contribution in [0.25, 0.3) is 11.4 Å². The predicted molar refractivity (Wildman–Crippen MR) is 65.3 cm³/mol. The van der Waals surface area contributed by atoms with Crippen molar-refractivity contribution in [2.45, 2.75) is 19.6 Å². The van der Waals surface area contributed by atoms with E-state index in [9.17, 15) is 18.0 Å². The minimum absolute atomic E-state index is 0.0760. The second-order valence-electron chi connectivity index (χ2n) is 3.99. The van der Waals surface area contributed by atoms with Gasteiger partial charge >= 0.3 is 12.1 Å². The Balaban J connectivity index is 2.50. The molecular weight excluding hydrogens is 289 g/mol. The first kappa shape index (κ1) is 14.9. The maximum atomic E-state index is 12.6. The Morgan fingerprint density at radius 1 is 1.38 bits per heavy atom. The van der Waals surface area contributed by atoms with E-state index in [0.29, 0.717) is 4.68 Å². The molecule has 0 aliphatic heterocycles. The molecule has 2 rings (SSSR count). The van der Waals surface area contributed by atoms with Crippen molar-refractivity contribution in [2.75, 3.05) is 6.61 Å². The van der Waals surface area contributed by atoms with E-state index in [-0.39, 0.29) is 23.7 Å². The molecule has 0 spiro atoms. The zero-order valence-corrected chi connectivity index (χ0v) is 11.0. The summed E-state index contributed by atoms with van der Waals surface area (Å²) in [5, 5.41) is 6.88. The Bertz CT molecular complexity index is 625. The van der Waals surface area contributed by atoms with Crippen LogP contribution in [0, 0.1) is 0 Å². The Hall–Kier alpha value is -2.45. The maximum absolute atomic E-state index is 12.6. The lowest BCUT2D eigenvalue weighted by Gasteiger charge is -2.09. The van der Waals surface area contributed by atoms with Gasteiger partial charge in [-0.3, -0.25) is 4.98 Å². The fourth-order valence-electron chi connectivity index (χ4n) is 1.69. The van der Waals surface area contributed by atoms with E-state index in [1.54, 1.807) is 19.1 Å². The van der Waals surface area contributed by atoms with Crippen LogP contribution in [0.15, 0.2) is 24.4 Å². The largest absolute Gasteiger partial charge is 0.461 e. The first-order valence-electron chi connectivity index (χ1n) is 6.01. The third kappa shape index (κ3) is 3.56. The highest BCUT2D eigenvalue weighted by molar-refractivity contribution is 5.93. The fourth-order valence-corrected chi connectivity index (χ4v) is 1.69. The zero-order chi connectivity index (χ0) is 15.5. The summed E-state index contributed by atoms with van der Waals surface area (Å²) in [6.07, 6.45) is -3.10. The topological polar surface area (TPSA) is 69.9 Å². The van der Waals surface area contributed by atoms with Gasteiger partial charge in [-0.1, -0.05) is 11.3 Å². The smallest absolute Gasteiger partial charge is 0.408 e. The molecular formula is C12H11F3N4O2. The van der Waals surface area contributed by atoms with Gasteiger partial charge in [-0.25, -0.2) is 9.48 Å². The zero-order valence-electron chi connectivity index (χ0n) is 11.0. The van der Waals surface area contributed by atoms with E-state index in [4.69, 9.17) is 4.74 Å². The van der Waals surface area contributed by atoms with Crippen molar-refractivity contribution in [1.82, 2.24) is 20.0 Å². The van der Waals surface area contributed by atoms with Crippen molar-refractivity contribution in [3.63, 3.8) is 0 Å². The summed E-state index contributed by atoms with van der Waals surface area (Å²) in [4.78, 5) is 15.7. The van der Waals surface area contributed by atoms with Crippen LogP contribution in [0.4, 0.5) is 13.2 Å². The van der Waals surface area contributed by atoms with Crippen LogP contribution in [0.1, 0.15) is 17.4 Å². The Morgan fingerprint density at radius 2 is 2.14 bits per heavy atom. The number of esters is 1. The molecule has 0 unspecified atom stereocenters. The van der Waals surface area contributed by atoms with Gasteiger partial charge < -0.3 is 4.74 Å². The number of pyridine rings is 1. The number of hydrogen-bond acceptors (Lipinski definition) is 5. The number of alkyl halides is 3. The van der Waals surface area contributed by atoms with Crippen molar-refractivity contribution in [2.24, 2.45) is 0 Å². The Labute approximate surface area is 117 Å². The number of hydrogen-bond donors (Lipinski definition) is 0. The summed E-state index contributed by atoms with van der Waals surface area (Å²) in [6, 6.07) is 4.65. The molecule has 0 saturated carbocycles. The van der Waals surface area contributed by atoms with Crippen LogP contribution in [0.3, 0.4) is 0 Å². The summed E-state index contributed by atoms with van der Waals surface area (Å²) in [5.74, 6) is -0.841. The van der Waals surface area contributed by atoms with E-state index in [2.05, 4.69) is 15.3 Å². The maximum Gasteiger partial charge on any atom is 0.408 e. The van der Waals surface area contributed by atoms with E-state index in [0.717, 1.165) is 0 Å². The summed E-state index contributed by atoms with van der Waals surface area (Å²) < 4.78 is 43.1. The number of aromatic nitrogens is 4. The number of carbonyl (C=O) groups excluding carboxylic acids is 1. The average molecular weight is 300 g/mol. The molecule has 0 atom stereocenters. The van der Waals surface area contributed by atoms with Crippen molar-refractivity contribution in [3.8, 4) is 11.4 Å².